The number of alkyl halides is 3. The third-order valence-electron chi connectivity index (χ3n) is 4.09. The molecule has 0 spiro atoms. The van der Waals surface area contributed by atoms with E-state index < -0.39 is 11.7 Å². The van der Waals surface area contributed by atoms with Crippen molar-refractivity contribution in [3.05, 3.63) is 23.8 Å². The zero-order valence-corrected chi connectivity index (χ0v) is 11.5. The number of rotatable bonds is 2. The molecule has 1 aromatic heterocycles. The molecule has 4 nitrogen and oxygen atoms in total. The first-order valence-electron chi connectivity index (χ1n) is 7.06. The highest BCUT2D eigenvalue weighted by molar-refractivity contribution is 5.79. The monoisotopic (exact) mass is 298 g/mol. The number of hydrogen-bond acceptors (Lipinski definition) is 3. The van der Waals surface area contributed by atoms with E-state index in [9.17, 15) is 13.2 Å². The Morgan fingerprint density at radius 2 is 1.90 bits per heavy atom. The minimum Gasteiger partial charge on any atom is -0.306 e. The summed E-state index contributed by atoms with van der Waals surface area (Å²) in [5.41, 5.74) is 2.87. The summed E-state index contributed by atoms with van der Waals surface area (Å²) in [6, 6.07) is 3.77. The van der Waals surface area contributed by atoms with E-state index in [2.05, 4.69) is 10.4 Å². The first kappa shape index (κ1) is 14.2. The van der Waals surface area contributed by atoms with Crippen molar-refractivity contribution in [1.29, 1.82) is 0 Å². The number of nitrogen functional groups attached to an aromatic ring is 1. The summed E-state index contributed by atoms with van der Waals surface area (Å²) in [7, 11) is 0. The van der Waals surface area contributed by atoms with Gasteiger partial charge in [-0.25, -0.2) is 10.8 Å². The molecular formula is C14H17F3N4. The lowest BCUT2D eigenvalue weighted by Gasteiger charge is -2.25. The number of nitrogens with two attached hydrogens (primary N) is 1. The first-order valence-corrected chi connectivity index (χ1v) is 7.06. The Labute approximate surface area is 120 Å². The number of hydrazine groups is 1. The van der Waals surface area contributed by atoms with E-state index in [0.717, 1.165) is 37.8 Å². The Hall–Kier alpha value is -1.76. The van der Waals surface area contributed by atoms with Gasteiger partial charge in [0, 0.05) is 6.04 Å². The molecule has 0 amide bonds. The number of nitrogens with one attached hydrogen (secondary N) is 1. The molecule has 1 fully saturated rings. The zero-order chi connectivity index (χ0) is 15.0. The lowest BCUT2D eigenvalue weighted by atomic mass is 9.95. The standard InChI is InChI=1S/C14H17F3N4/c15-14(16,17)9-6-7-11-12(8-9)21(13(19-11)20-18)10-4-2-1-3-5-10/h6-8,10H,1-5,18H2,(H,19,20). The van der Waals surface area contributed by atoms with Gasteiger partial charge in [0.2, 0.25) is 5.95 Å². The van der Waals surface area contributed by atoms with Gasteiger partial charge in [0.05, 0.1) is 16.6 Å². The third-order valence-corrected chi connectivity index (χ3v) is 4.09. The van der Waals surface area contributed by atoms with Gasteiger partial charge in [0.1, 0.15) is 0 Å². The van der Waals surface area contributed by atoms with Crippen LogP contribution >= 0.6 is 0 Å². The summed E-state index contributed by atoms with van der Waals surface area (Å²) in [4.78, 5) is 4.29. The van der Waals surface area contributed by atoms with Crippen molar-refractivity contribution in [3.8, 4) is 0 Å². The molecular weight excluding hydrogens is 281 g/mol. The molecule has 0 saturated heterocycles. The Kier molecular flexibility index (Phi) is 3.52. The van der Waals surface area contributed by atoms with Crippen LogP contribution in [-0.4, -0.2) is 9.55 Å². The molecule has 0 radical (unpaired) electrons. The molecule has 1 aromatic carbocycles. The van der Waals surface area contributed by atoms with Gasteiger partial charge in [-0.1, -0.05) is 19.3 Å². The second-order valence-corrected chi connectivity index (χ2v) is 5.44. The van der Waals surface area contributed by atoms with E-state index in [1.165, 1.54) is 12.5 Å². The molecule has 1 heterocycles. The number of aromatic nitrogens is 2. The maximum absolute atomic E-state index is 12.9. The maximum atomic E-state index is 12.9. The van der Waals surface area contributed by atoms with Crippen LogP contribution in [0, 0.1) is 0 Å². The van der Waals surface area contributed by atoms with E-state index in [0.29, 0.717) is 17.0 Å². The number of benzene rings is 1. The summed E-state index contributed by atoms with van der Waals surface area (Å²) >= 11 is 0. The van der Waals surface area contributed by atoms with Gasteiger partial charge in [-0.3, -0.25) is 5.43 Å². The van der Waals surface area contributed by atoms with Gasteiger partial charge in [-0.05, 0) is 31.0 Å². The predicted molar refractivity (Wildman–Crippen MR) is 74.7 cm³/mol. The predicted octanol–water partition coefficient (Wildman–Crippen LogP) is 3.85. The molecule has 1 aliphatic rings. The molecule has 0 atom stereocenters. The second kappa shape index (κ2) is 5.22. The van der Waals surface area contributed by atoms with Crippen LogP contribution in [0.1, 0.15) is 43.7 Å². The Bertz CT molecular complexity index is 641. The highest BCUT2D eigenvalue weighted by Gasteiger charge is 2.31. The van der Waals surface area contributed by atoms with Crippen molar-refractivity contribution >= 4 is 17.0 Å². The zero-order valence-electron chi connectivity index (χ0n) is 11.5. The minimum absolute atomic E-state index is 0.151. The fourth-order valence-electron chi connectivity index (χ4n) is 3.08. The fourth-order valence-corrected chi connectivity index (χ4v) is 3.08. The number of hydrogen-bond donors (Lipinski definition) is 2. The van der Waals surface area contributed by atoms with Crippen molar-refractivity contribution in [1.82, 2.24) is 9.55 Å². The smallest absolute Gasteiger partial charge is 0.306 e. The SMILES string of the molecule is NNc1nc2ccc(C(F)(F)F)cc2n1C1CCCCC1. The van der Waals surface area contributed by atoms with Crippen LogP contribution in [0.25, 0.3) is 11.0 Å². The number of fused-ring (bicyclic) bond motifs is 1. The molecule has 0 aliphatic heterocycles. The molecule has 0 unspecified atom stereocenters. The van der Waals surface area contributed by atoms with Crippen LogP contribution in [0.5, 0.6) is 0 Å². The average Bonchev–Trinajstić information content (AvgIpc) is 2.84. The van der Waals surface area contributed by atoms with E-state index in [1.54, 1.807) is 0 Å². The number of halogens is 3. The van der Waals surface area contributed by atoms with Crippen molar-refractivity contribution in [2.75, 3.05) is 5.43 Å². The topological polar surface area (TPSA) is 55.9 Å². The van der Waals surface area contributed by atoms with Crippen LogP contribution in [-0.2, 0) is 6.18 Å². The third kappa shape index (κ3) is 2.57. The van der Waals surface area contributed by atoms with Crippen LogP contribution in [0.2, 0.25) is 0 Å². The number of nitrogens with zero attached hydrogens (tertiary/aromatic N) is 2. The maximum Gasteiger partial charge on any atom is 0.416 e. The lowest BCUT2D eigenvalue weighted by Crippen LogP contribution is -2.19. The largest absolute Gasteiger partial charge is 0.416 e. The normalized spacial score (nSPS) is 17.3. The Morgan fingerprint density at radius 1 is 1.19 bits per heavy atom. The van der Waals surface area contributed by atoms with Crippen LogP contribution in [0.15, 0.2) is 18.2 Å². The van der Waals surface area contributed by atoms with Crippen molar-refractivity contribution in [3.63, 3.8) is 0 Å². The fraction of sp³-hybridized carbons (Fsp3) is 0.500. The van der Waals surface area contributed by atoms with E-state index in [4.69, 9.17) is 5.84 Å². The number of imidazole rings is 1. The molecule has 0 bridgehead atoms. The van der Waals surface area contributed by atoms with Gasteiger partial charge in [0.15, 0.2) is 0 Å². The molecule has 21 heavy (non-hydrogen) atoms. The molecule has 1 saturated carbocycles. The van der Waals surface area contributed by atoms with Gasteiger partial charge in [-0.2, -0.15) is 13.2 Å². The summed E-state index contributed by atoms with van der Waals surface area (Å²) < 4.78 is 40.5. The summed E-state index contributed by atoms with van der Waals surface area (Å²) in [5, 5.41) is 0. The van der Waals surface area contributed by atoms with Gasteiger partial charge >= 0.3 is 6.18 Å². The average molecular weight is 298 g/mol. The molecule has 1 aliphatic carbocycles. The number of anilines is 1. The highest BCUT2D eigenvalue weighted by atomic mass is 19.4. The van der Waals surface area contributed by atoms with Gasteiger partial charge in [-0.15, -0.1) is 0 Å². The van der Waals surface area contributed by atoms with E-state index >= 15 is 0 Å². The Balaban J connectivity index is 2.14. The molecule has 3 rings (SSSR count). The quantitative estimate of drug-likeness (QED) is 0.654. The second-order valence-electron chi connectivity index (χ2n) is 5.44. The molecule has 3 N–H and O–H groups in total. The van der Waals surface area contributed by atoms with Crippen LogP contribution in [0.4, 0.5) is 19.1 Å². The summed E-state index contributed by atoms with van der Waals surface area (Å²) in [6.45, 7) is 0. The van der Waals surface area contributed by atoms with Crippen LogP contribution in [0.3, 0.4) is 0 Å². The molecule has 7 heteroatoms. The summed E-state index contributed by atoms with van der Waals surface area (Å²) in [6.07, 6.45) is 0.849. The highest BCUT2D eigenvalue weighted by Crippen LogP contribution is 2.36. The Morgan fingerprint density at radius 3 is 2.52 bits per heavy atom. The van der Waals surface area contributed by atoms with Gasteiger partial charge < -0.3 is 4.57 Å². The minimum atomic E-state index is -4.35. The van der Waals surface area contributed by atoms with Crippen molar-refractivity contribution < 1.29 is 13.2 Å². The first-order chi connectivity index (χ1) is 10.0. The van der Waals surface area contributed by atoms with E-state index in [-0.39, 0.29) is 6.04 Å². The van der Waals surface area contributed by atoms with Crippen LogP contribution < -0.4 is 11.3 Å². The van der Waals surface area contributed by atoms with Crippen molar-refractivity contribution in [2.45, 2.75) is 44.3 Å². The van der Waals surface area contributed by atoms with Crippen molar-refractivity contribution in [2.24, 2.45) is 5.84 Å². The molecule has 2 aromatic rings. The van der Waals surface area contributed by atoms with Gasteiger partial charge in [0.25, 0.3) is 0 Å². The summed E-state index contributed by atoms with van der Waals surface area (Å²) in [5.74, 6) is 5.92. The van der Waals surface area contributed by atoms with E-state index in [1.807, 2.05) is 4.57 Å². The lowest BCUT2D eigenvalue weighted by molar-refractivity contribution is -0.137. The molecule has 114 valence electrons.